The van der Waals surface area contributed by atoms with Crippen LogP contribution >= 0.6 is 11.3 Å². The zero-order valence-corrected chi connectivity index (χ0v) is 27.6. The molecule has 0 saturated carbocycles. The van der Waals surface area contributed by atoms with Crippen LogP contribution in [0.25, 0.3) is 0 Å². The molecule has 0 spiro atoms. The second-order valence-electron chi connectivity index (χ2n) is 10.6. The molecule has 3 aromatic rings. The summed E-state index contributed by atoms with van der Waals surface area (Å²) < 4.78 is 33.9. The van der Waals surface area contributed by atoms with Gasteiger partial charge in [0.2, 0.25) is 17.8 Å². The molecule has 13 nitrogen and oxygen atoms in total. The zero-order chi connectivity index (χ0) is 33.3. The van der Waals surface area contributed by atoms with Crippen molar-refractivity contribution >= 4 is 44.8 Å². The topological polar surface area (TPSA) is 211 Å². The number of ether oxygens (including phenoxy) is 1. The quantitative estimate of drug-likeness (QED) is 0.0850. The minimum atomic E-state index is -4.02. The molecule has 1 unspecified atom stereocenters. The Kier molecular flexibility index (Phi) is 12.4. The smallest absolute Gasteiger partial charge is 0.264 e. The van der Waals surface area contributed by atoms with Gasteiger partial charge in [-0.1, -0.05) is 12.1 Å². The molecule has 15 heteroatoms. The lowest BCUT2D eigenvalue weighted by atomic mass is 10.0. The highest BCUT2D eigenvalue weighted by Gasteiger charge is 2.27. The molecule has 3 atom stereocenters. The van der Waals surface area contributed by atoms with Crippen molar-refractivity contribution in [3.05, 3.63) is 69.2 Å². The van der Waals surface area contributed by atoms with Crippen LogP contribution in [0.15, 0.2) is 51.8 Å². The number of benzene rings is 2. The molecule has 3 rings (SSSR count). The number of aromatic nitrogens is 1. The molecule has 0 radical (unpaired) electrons. The molecule has 0 aliphatic carbocycles. The van der Waals surface area contributed by atoms with Crippen LogP contribution in [0.2, 0.25) is 0 Å². The minimum absolute atomic E-state index is 0.105. The number of nitrogens with two attached hydrogens (primary N) is 2. The van der Waals surface area contributed by atoms with Gasteiger partial charge in [-0.3, -0.25) is 14.6 Å². The first kappa shape index (κ1) is 35.4. The van der Waals surface area contributed by atoms with Crippen molar-refractivity contribution in [2.24, 2.45) is 16.5 Å². The Labute approximate surface area is 267 Å². The predicted octanol–water partition coefficient (Wildman–Crippen LogP) is 2.20. The van der Waals surface area contributed by atoms with Gasteiger partial charge in [-0.2, -0.15) is 0 Å². The van der Waals surface area contributed by atoms with Crippen molar-refractivity contribution in [1.82, 2.24) is 15.0 Å². The number of aliphatic hydroxyl groups is 1. The summed E-state index contributed by atoms with van der Waals surface area (Å²) in [6.07, 6.45) is 1.34. The fraction of sp³-hybridized carbons (Fsp3) is 0.400. The van der Waals surface area contributed by atoms with E-state index in [0.29, 0.717) is 39.6 Å². The molecule has 1 aromatic heterocycles. The van der Waals surface area contributed by atoms with Gasteiger partial charge in [0.1, 0.15) is 16.9 Å². The number of hydrogen-bond donors (Lipinski definition) is 6. The Balaban J connectivity index is 1.64. The molecule has 0 fully saturated rings. The molecule has 1 heterocycles. The van der Waals surface area contributed by atoms with Crippen LogP contribution < -0.4 is 31.6 Å². The van der Waals surface area contributed by atoms with Crippen LogP contribution in [0.3, 0.4) is 0 Å². The largest absolute Gasteiger partial charge is 0.496 e. The number of amides is 2. The zero-order valence-electron chi connectivity index (χ0n) is 26.0. The SMILES string of the molecule is COc1cc(C)c(S(=O)(=O)NC(N)=NCCC[C@H](NC(=O)[C@@H](N)Cc2ccc(NC(C)=O)cc2)C(O)c2nccs2)c(C)c1C. The molecular formula is C30H41N7O6S2. The average molecular weight is 660 g/mol. The number of nitrogens with zero attached hydrogens (tertiary/aromatic N) is 2. The molecule has 0 aliphatic rings. The molecule has 8 N–H and O–H groups in total. The Bertz CT molecular complexity index is 1610. The summed E-state index contributed by atoms with van der Waals surface area (Å²) >= 11 is 1.25. The second kappa shape index (κ2) is 15.8. The molecule has 45 heavy (non-hydrogen) atoms. The highest BCUT2D eigenvalue weighted by Crippen LogP contribution is 2.30. The molecule has 2 amide bonds. The van der Waals surface area contributed by atoms with E-state index in [0.717, 1.165) is 5.56 Å². The van der Waals surface area contributed by atoms with Crippen molar-refractivity contribution in [2.75, 3.05) is 19.0 Å². The van der Waals surface area contributed by atoms with Gasteiger partial charge in [0.25, 0.3) is 10.0 Å². The number of rotatable bonds is 14. The third-order valence-electron chi connectivity index (χ3n) is 7.14. The van der Waals surface area contributed by atoms with E-state index < -0.39 is 34.1 Å². The highest BCUT2D eigenvalue weighted by atomic mass is 32.2. The van der Waals surface area contributed by atoms with Crippen molar-refractivity contribution in [3.63, 3.8) is 0 Å². The van der Waals surface area contributed by atoms with Crippen LogP contribution in [0, 0.1) is 20.8 Å². The van der Waals surface area contributed by atoms with Crippen molar-refractivity contribution < 1.29 is 27.9 Å². The van der Waals surface area contributed by atoms with Gasteiger partial charge in [-0.25, -0.2) is 18.1 Å². The molecule has 2 aromatic carbocycles. The van der Waals surface area contributed by atoms with Gasteiger partial charge in [-0.15, -0.1) is 11.3 Å². The van der Waals surface area contributed by atoms with Crippen LogP contribution in [-0.2, 0) is 26.0 Å². The first-order valence-electron chi connectivity index (χ1n) is 14.2. The van der Waals surface area contributed by atoms with Crippen molar-refractivity contribution in [2.45, 2.75) is 70.0 Å². The van der Waals surface area contributed by atoms with E-state index >= 15 is 0 Å². The lowest BCUT2D eigenvalue weighted by Gasteiger charge is -2.24. The highest BCUT2D eigenvalue weighted by molar-refractivity contribution is 7.90. The summed E-state index contributed by atoms with van der Waals surface area (Å²) in [6, 6.07) is 7.01. The van der Waals surface area contributed by atoms with Crippen molar-refractivity contribution in [1.29, 1.82) is 0 Å². The van der Waals surface area contributed by atoms with Gasteiger partial charge < -0.3 is 31.9 Å². The number of aryl methyl sites for hydroxylation is 1. The number of aliphatic hydroxyl groups excluding tert-OH is 1. The number of carbonyl (C=O) groups excluding carboxylic acids is 2. The number of methoxy groups -OCH3 is 1. The summed E-state index contributed by atoms with van der Waals surface area (Å²) in [5.41, 5.74) is 15.3. The number of anilines is 1. The van der Waals surface area contributed by atoms with Gasteiger partial charge in [-0.05, 0) is 80.5 Å². The Morgan fingerprint density at radius 2 is 1.84 bits per heavy atom. The minimum Gasteiger partial charge on any atom is -0.496 e. The second-order valence-corrected chi connectivity index (χ2v) is 13.2. The van der Waals surface area contributed by atoms with Gasteiger partial charge in [0.05, 0.1) is 24.1 Å². The van der Waals surface area contributed by atoms with Gasteiger partial charge in [0.15, 0.2) is 0 Å². The van der Waals surface area contributed by atoms with E-state index in [-0.39, 0.29) is 36.1 Å². The molecule has 0 bridgehead atoms. The number of nitrogens with one attached hydrogen (secondary N) is 3. The average Bonchev–Trinajstić information content (AvgIpc) is 3.51. The summed E-state index contributed by atoms with van der Waals surface area (Å²) in [6.45, 7) is 6.69. The summed E-state index contributed by atoms with van der Waals surface area (Å²) in [5.74, 6) is -0.342. The van der Waals surface area contributed by atoms with Gasteiger partial charge >= 0.3 is 0 Å². The predicted molar refractivity (Wildman–Crippen MR) is 175 cm³/mol. The maximum atomic E-state index is 13.1. The molecule has 244 valence electrons. The van der Waals surface area contributed by atoms with E-state index in [2.05, 4.69) is 25.3 Å². The lowest BCUT2D eigenvalue weighted by molar-refractivity contribution is -0.124. The normalized spacial score (nSPS) is 13.9. The van der Waals surface area contributed by atoms with Crippen LogP contribution in [0.4, 0.5) is 5.69 Å². The summed E-state index contributed by atoms with van der Waals surface area (Å²) in [4.78, 5) is 32.7. The summed E-state index contributed by atoms with van der Waals surface area (Å²) in [5, 5.41) is 18.7. The van der Waals surface area contributed by atoms with E-state index in [1.54, 1.807) is 62.7 Å². The Hall–Kier alpha value is -4.05. The Morgan fingerprint density at radius 3 is 2.44 bits per heavy atom. The number of guanidine groups is 1. The number of carbonyl (C=O) groups is 2. The number of thiazole rings is 1. The fourth-order valence-corrected chi connectivity index (χ4v) is 6.97. The van der Waals surface area contributed by atoms with Crippen LogP contribution in [-0.4, -0.2) is 62.0 Å². The maximum Gasteiger partial charge on any atom is 0.264 e. The number of aliphatic imine (C=N–C) groups is 1. The van der Waals surface area contributed by atoms with E-state index in [1.807, 2.05) is 0 Å². The monoisotopic (exact) mass is 659 g/mol. The Morgan fingerprint density at radius 1 is 1.16 bits per heavy atom. The first-order chi connectivity index (χ1) is 21.2. The van der Waals surface area contributed by atoms with E-state index in [4.69, 9.17) is 16.2 Å². The fourth-order valence-electron chi connectivity index (χ4n) is 4.80. The molecular weight excluding hydrogens is 619 g/mol. The molecule has 0 saturated heterocycles. The maximum absolute atomic E-state index is 13.1. The summed E-state index contributed by atoms with van der Waals surface area (Å²) in [7, 11) is -2.50. The van der Waals surface area contributed by atoms with Crippen LogP contribution in [0.1, 0.15) is 53.1 Å². The van der Waals surface area contributed by atoms with Gasteiger partial charge in [0, 0.05) is 30.7 Å². The number of hydrogen-bond acceptors (Lipinski definition) is 10. The van der Waals surface area contributed by atoms with E-state index in [1.165, 1.54) is 25.4 Å². The third-order valence-corrected chi connectivity index (χ3v) is 9.63. The molecule has 0 aliphatic heterocycles. The van der Waals surface area contributed by atoms with Crippen LogP contribution in [0.5, 0.6) is 5.75 Å². The number of sulfonamides is 1. The standard InChI is InChI=1S/C30H41N7O6S2/c1-17-15-25(43-5)18(2)19(3)27(17)45(41,42)37-30(32)34-12-6-7-24(26(39)29-33-13-14-44-29)36-28(40)23(31)16-21-8-10-22(11-9-21)35-20(4)38/h8-11,13-15,23-24,26,39H,6-7,12,16,31H2,1-5H3,(H,35,38)(H,36,40)(H3,32,34,37)/t23-,24-,26?/m0/s1. The third kappa shape index (κ3) is 9.72. The van der Waals surface area contributed by atoms with Crippen molar-refractivity contribution in [3.8, 4) is 5.75 Å². The van der Waals surface area contributed by atoms with E-state index in [9.17, 15) is 23.1 Å². The lowest BCUT2D eigenvalue weighted by Crippen LogP contribution is -2.48. The first-order valence-corrected chi connectivity index (χ1v) is 16.6.